The first-order valence-corrected chi connectivity index (χ1v) is 11.1. The van der Waals surface area contributed by atoms with E-state index in [0.717, 1.165) is 12.0 Å². The third kappa shape index (κ3) is 3.91. The molecule has 2 aliphatic heterocycles. The lowest BCUT2D eigenvalue weighted by atomic mass is 9.99. The molecule has 146 valence electrons. The fourth-order valence-electron chi connectivity index (χ4n) is 3.71. The predicted molar refractivity (Wildman–Crippen MR) is 104 cm³/mol. The summed E-state index contributed by atoms with van der Waals surface area (Å²) < 4.78 is 23.1. The number of nitrogens with one attached hydrogen (secondary N) is 1. The van der Waals surface area contributed by atoms with Crippen molar-refractivity contribution in [2.24, 2.45) is 0 Å². The zero-order chi connectivity index (χ0) is 19.7. The molecule has 0 bridgehead atoms. The summed E-state index contributed by atoms with van der Waals surface area (Å²) in [6.07, 6.45) is 2.64. The summed E-state index contributed by atoms with van der Waals surface area (Å²) in [6, 6.07) is 10.7. The van der Waals surface area contributed by atoms with Crippen LogP contribution in [0.3, 0.4) is 0 Å². The summed E-state index contributed by atoms with van der Waals surface area (Å²) in [4.78, 5) is 31.1. The topological polar surface area (TPSA) is 96.4 Å². The van der Waals surface area contributed by atoms with Crippen LogP contribution in [0.15, 0.2) is 42.6 Å². The summed E-state index contributed by atoms with van der Waals surface area (Å²) in [5.74, 6) is -0.569. The highest BCUT2D eigenvalue weighted by molar-refractivity contribution is 7.91. The number of rotatable bonds is 3. The molecule has 7 nitrogen and oxygen atoms in total. The third-order valence-corrected chi connectivity index (χ3v) is 6.99. The molecule has 1 N–H and O–H groups in total. The molecule has 0 aliphatic carbocycles. The number of hydrogen-bond acceptors (Lipinski definition) is 5. The van der Waals surface area contributed by atoms with E-state index in [2.05, 4.69) is 16.4 Å². The van der Waals surface area contributed by atoms with Gasteiger partial charge in [0.1, 0.15) is 5.69 Å². The molecule has 8 heteroatoms. The van der Waals surface area contributed by atoms with E-state index in [4.69, 9.17) is 0 Å². The molecule has 0 radical (unpaired) electrons. The highest BCUT2D eigenvalue weighted by Gasteiger charge is 2.29. The second-order valence-electron chi connectivity index (χ2n) is 7.25. The molecule has 0 saturated carbocycles. The molecule has 2 aromatic rings. The first-order chi connectivity index (χ1) is 13.4. The number of hydrogen-bond donors (Lipinski definition) is 1. The van der Waals surface area contributed by atoms with Gasteiger partial charge in [0.15, 0.2) is 9.84 Å². The molecule has 28 heavy (non-hydrogen) atoms. The minimum Gasteiger partial charge on any atom is -0.347 e. The van der Waals surface area contributed by atoms with Gasteiger partial charge in [-0.25, -0.2) is 8.42 Å². The Morgan fingerprint density at radius 3 is 2.68 bits per heavy atom. The molecule has 1 atom stereocenters. The minimum atomic E-state index is -3.08. The van der Waals surface area contributed by atoms with Crippen LogP contribution in [0, 0.1) is 0 Å². The first kappa shape index (κ1) is 18.6. The Balaban J connectivity index is 1.46. The SMILES string of the molecule is O=C(NC1CCS(=O)(=O)C1)c1cc(C(=O)N2CCc3ccccc3C2)ccn1. The van der Waals surface area contributed by atoms with Crippen molar-refractivity contribution < 1.29 is 18.0 Å². The van der Waals surface area contributed by atoms with E-state index in [-0.39, 0.29) is 23.1 Å². The average molecular weight is 399 g/mol. The number of fused-ring (bicyclic) bond motifs is 1. The molecule has 1 unspecified atom stereocenters. The van der Waals surface area contributed by atoms with Gasteiger partial charge in [0, 0.05) is 30.9 Å². The van der Waals surface area contributed by atoms with E-state index in [9.17, 15) is 18.0 Å². The van der Waals surface area contributed by atoms with Gasteiger partial charge >= 0.3 is 0 Å². The van der Waals surface area contributed by atoms with Crippen molar-refractivity contribution in [3.8, 4) is 0 Å². The predicted octanol–water partition coefficient (Wildman–Crippen LogP) is 1.20. The molecular weight excluding hydrogens is 378 g/mol. The lowest BCUT2D eigenvalue weighted by Gasteiger charge is -2.29. The van der Waals surface area contributed by atoms with Gasteiger partial charge in [0.2, 0.25) is 0 Å². The summed E-state index contributed by atoms with van der Waals surface area (Å²) in [5, 5.41) is 2.70. The molecular formula is C20H21N3O4S. The van der Waals surface area contributed by atoms with Gasteiger partial charge in [0.05, 0.1) is 11.5 Å². The normalized spacial score (nSPS) is 20.4. The van der Waals surface area contributed by atoms with Gasteiger partial charge in [-0.05, 0) is 36.1 Å². The number of sulfone groups is 1. The molecule has 1 aromatic heterocycles. The fraction of sp³-hybridized carbons (Fsp3) is 0.350. The molecule has 2 amide bonds. The summed E-state index contributed by atoms with van der Waals surface area (Å²) in [5.41, 5.74) is 2.91. The van der Waals surface area contributed by atoms with Crippen LogP contribution in [-0.2, 0) is 22.8 Å². The summed E-state index contributed by atoms with van der Waals surface area (Å²) >= 11 is 0. The summed E-state index contributed by atoms with van der Waals surface area (Å²) in [7, 11) is -3.08. The van der Waals surface area contributed by atoms with Crippen molar-refractivity contribution in [3.05, 3.63) is 65.0 Å². The van der Waals surface area contributed by atoms with Gasteiger partial charge in [-0.15, -0.1) is 0 Å². The number of nitrogens with zero attached hydrogens (tertiary/aromatic N) is 2. The number of benzene rings is 1. The van der Waals surface area contributed by atoms with E-state index < -0.39 is 21.8 Å². The Morgan fingerprint density at radius 2 is 1.93 bits per heavy atom. The van der Waals surface area contributed by atoms with Crippen molar-refractivity contribution in [1.29, 1.82) is 0 Å². The van der Waals surface area contributed by atoms with Crippen LogP contribution in [0.5, 0.6) is 0 Å². The largest absolute Gasteiger partial charge is 0.347 e. The Kier molecular flexibility index (Phi) is 4.89. The van der Waals surface area contributed by atoms with Crippen molar-refractivity contribution in [1.82, 2.24) is 15.2 Å². The lowest BCUT2D eigenvalue weighted by Crippen LogP contribution is -2.37. The zero-order valence-corrected chi connectivity index (χ0v) is 16.1. The number of amides is 2. The zero-order valence-electron chi connectivity index (χ0n) is 15.3. The van der Waals surface area contributed by atoms with Gasteiger partial charge in [0.25, 0.3) is 11.8 Å². The Bertz CT molecular complexity index is 1040. The molecule has 1 saturated heterocycles. The molecule has 3 heterocycles. The van der Waals surface area contributed by atoms with Crippen LogP contribution in [0.1, 0.15) is 38.4 Å². The fourth-order valence-corrected chi connectivity index (χ4v) is 5.38. The Labute approximate surface area is 163 Å². The molecule has 0 spiro atoms. The second kappa shape index (κ2) is 7.35. The number of aromatic nitrogens is 1. The van der Waals surface area contributed by atoms with E-state index in [1.54, 1.807) is 11.0 Å². The van der Waals surface area contributed by atoms with Crippen LogP contribution in [0.2, 0.25) is 0 Å². The van der Waals surface area contributed by atoms with Crippen LogP contribution in [0.25, 0.3) is 0 Å². The maximum Gasteiger partial charge on any atom is 0.270 e. The van der Waals surface area contributed by atoms with Crippen molar-refractivity contribution in [3.63, 3.8) is 0 Å². The van der Waals surface area contributed by atoms with Gasteiger partial charge in [-0.2, -0.15) is 0 Å². The highest BCUT2D eigenvalue weighted by atomic mass is 32.2. The maximum absolute atomic E-state index is 12.9. The standard InChI is InChI=1S/C20H21N3O4S/c24-19(22-17-7-10-28(26,27)13-17)18-11-15(5-8-21-18)20(25)23-9-6-14-3-1-2-4-16(14)12-23/h1-5,8,11,17H,6-7,9-10,12-13H2,(H,22,24). The highest BCUT2D eigenvalue weighted by Crippen LogP contribution is 2.20. The third-order valence-electron chi connectivity index (χ3n) is 5.23. The monoisotopic (exact) mass is 399 g/mol. The van der Waals surface area contributed by atoms with Gasteiger partial charge in [-0.1, -0.05) is 24.3 Å². The number of pyridine rings is 1. The second-order valence-corrected chi connectivity index (χ2v) is 9.48. The Hall–Kier alpha value is -2.74. The number of carbonyl (C=O) groups excluding carboxylic acids is 2. The molecule has 1 aromatic carbocycles. The molecule has 4 rings (SSSR count). The van der Waals surface area contributed by atoms with E-state index in [0.29, 0.717) is 25.1 Å². The van der Waals surface area contributed by atoms with Crippen molar-refractivity contribution in [2.75, 3.05) is 18.1 Å². The smallest absolute Gasteiger partial charge is 0.270 e. The summed E-state index contributed by atoms with van der Waals surface area (Å²) in [6.45, 7) is 1.17. The van der Waals surface area contributed by atoms with E-state index in [1.165, 1.54) is 17.8 Å². The van der Waals surface area contributed by atoms with Gasteiger partial charge < -0.3 is 10.2 Å². The quantitative estimate of drug-likeness (QED) is 0.837. The van der Waals surface area contributed by atoms with Crippen LogP contribution in [0.4, 0.5) is 0 Å². The van der Waals surface area contributed by atoms with E-state index in [1.807, 2.05) is 18.2 Å². The van der Waals surface area contributed by atoms with Crippen molar-refractivity contribution in [2.45, 2.75) is 25.4 Å². The van der Waals surface area contributed by atoms with Crippen LogP contribution < -0.4 is 5.32 Å². The minimum absolute atomic E-state index is 0.0510. The van der Waals surface area contributed by atoms with E-state index >= 15 is 0 Å². The molecule has 1 fully saturated rings. The average Bonchev–Trinajstić information content (AvgIpc) is 3.05. The van der Waals surface area contributed by atoms with Crippen LogP contribution >= 0.6 is 0 Å². The maximum atomic E-state index is 12.9. The van der Waals surface area contributed by atoms with Gasteiger partial charge in [-0.3, -0.25) is 14.6 Å². The lowest BCUT2D eigenvalue weighted by molar-refractivity contribution is 0.0734. The van der Waals surface area contributed by atoms with Crippen molar-refractivity contribution >= 4 is 21.7 Å². The van der Waals surface area contributed by atoms with Crippen LogP contribution in [-0.4, -0.2) is 54.2 Å². The Morgan fingerprint density at radius 1 is 1.14 bits per heavy atom. The number of carbonyl (C=O) groups is 2. The first-order valence-electron chi connectivity index (χ1n) is 9.25. The molecule has 2 aliphatic rings.